The normalized spacial score (nSPS) is 16.2. The van der Waals surface area contributed by atoms with E-state index >= 15 is 0 Å². The molecule has 0 bridgehead atoms. The van der Waals surface area contributed by atoms with Gasteiger partial charge in [-0.25, -0.2) is 4.79 Å². The molecule has 1 unspecified atom stereocenters. The van der Waals surface area contributed by atoms with E-state index in [4.69, 9.17) is 0 Å². The van der Waals surface area contributed by atoms with E-state index in [9.17, 15) is 9.59 Å². The summed E-state index contributed by atoms with van der Waals surface area (Å²) in [5.74, 6) is -0.100. The zero-order valence-corrected chi connectivity index (χ0v) is 13.8. The topological polar surface area (TPSA) is 70.5 Å². The van der Waals surface area contributed by atoms with Crippen LogP contribution in [0.4, 0.5) is 10.5 Å². The van der Waals surface area contributed by atoms with Gasteiger partial charge < -0.3 is 15.1 Å². The summed E-state index contributed by atoms with van der Waals surface area (Å²) < 4.78 is 1.66. The Labute approximate surface area is 140 Å². The fourth-order valence-electron chi connectivity index (χ4n) is 2.77. The van der Waals surface area contributed by atoms with Crippen molar-refractivity contribution in [3.05, 3.63) is 48.3 Å². The summed E-state index contributed by atoms with van der Waals surface area (Å²) in [6.45, 7) is 2.97. The molecule has 3 amide bonds. The number of carbonyl (C=O) groups excluding carboxylic acids is 2. The molecule has 7 heteroatoms. The van der Waals surface area contributed by atoms with Gasteiger partial charge in [0.2, 0.25) is 5.91 Å². The molecule has 1 saturated heterocycles. The molecule has 2 aromatic rings. The first kappa shape index (κ1) is 16.0. The molecule has 2 heterocycles. The molecule has 0 radical (unpaired) electrons. The summed E-state index contributed by atoms with van der Waals surface area (Å²) in [7, 11) is 1.81. The van der Waals surface area contributed by atoms with Crippen LogP contribution >= 0.6 is 0 Å². The Morgan fingerprint density at radius 1 is 1.25 bits per heavy atom. The van der Waals surface area contributed by atoms with Crippen LogP contribution in [0.2, 0.25) is 0 Å². The molecule has 1 aliphatic heterocycles. The lowest BCUT2D eigenvalue weighted by Crippen LogP contribution is -2.55. The van der Waals surface area contributed by atoms with Gasteiger partial charge in [0.1, 0.15) is 6.54 Å². The highest BCUT2D eigenvalue weighted by Crippen LogP contribution is 2.17. The summed E-state index contributed by atoms with van der Waals surface area (Å²) in [6, 6.07) is 9.43. The van der Waals surface area contributed by atoms with E-state index in [0.29, 0.717) is 13.1 Å². The Morgan fingerprint density at radius 2 is 2.00 bits per heavy atom. The van der Waals surface area contributed by atoms with Crippen molar-refractivity contribution in [3.8, 4) is 0 Å². The van der Waals surface area contributed by atoms with E-state index in [0.717, 1.165) is 11.3 Å². The number of urea groups is 1. The highest BCUT2D eigenvalue weighted by molar-refractivity contribution is 5.97. The first-order chi connectivity index (χ1) is 11.5. The summed E-state index contributed by atoms with van der Waals surface area (Å²) in [6.07, 6.45) is 3.45. The average Bonchev–Trinajstić information content (AvgIpc) is 3.01. The molecule has 3 rings (SSSR count). The van der Waals surface area contributed by atoms with E-state index in [2.05, 4.69) is 10.4 Å². The van der Waals surface area contributed by atoms with Gasteiger partial charge in [0.15, 0.2) is 0 Å². The monoisotopic (exact) mass is 327 g/mol. The van der Waals surface area contributed by atoms with Crippen molar-refractivity contribution in [3.63, 3.8) is 0 Å². The zero-order valence-electron chi connectivity index (χ0n) is 13.8. The molecule has 7 nitrogen and oxygen atoms in total. The zero-order chi connectivity index (χ0) is 17.1. The van der Waals surface area contributed by atoms with Crippen LogP contribution in [0.3, 0.4) is 0 Å². The van der Waals surface area contributed by atoms with Crippen LogP contribution in [0.1, 0.15) is 18.5 Å². The molecule has 1 aliphatic rings. The third kappa shape index (κ3) is 3.40. The number of amides is 3. The van der Waals surface area contributed by atoms with Crippen LogP contribution in [0.5, 0.6) is 0 Å². The Morgan fingerprint density at radius 3 is 2.62 bits per heavy atom. The lowest BCUT2D eigenvalue weighted by Gasteiger charge is -2.34. The highest BCUT2D eigenvalue weighted by atomic mass is 16.2. The average molecular weight is 327 g/mol. The van der Waals surface area contributed by atoms with Crippen LogP contribution in [0.25, 0.3) is 0 Å². The molecule has 1 aromatic heterocycles. The Bertz CT molecular complexity index is 728. The number of benzene rings is 1. The van der Waals surface area contributed by atoms with Gasteiger partial charge in [0.25, 0.3) is 0 Å². The lowest BCUT2D eigenvalue weighted by molar-refractivity contribution is -0.120. The van der Waals surface area contributed by atoms with Gasteiger partial charge in [-0.15, -0.1) is 0 Å². The summed E-state index contributed by atoms with van der Waals surface area (Å²) in [5, 5.41) is 7.03. The third-order valence-corrected chi connectivity index (χ3v) is 4.15. The minimum absolute atomic E-state index is 0.0717. The number of hydrogen-bond acceptors (Lipinski definition) is 3. The third-order valence-electron chi connectivity index (χ3n) is 4.15. The maximum absolute atomic E-state index is 12.4. The molecule has 0 spiro atoms. The predicted molar refractivity (Wildman–Crippen MR) is 90.5 cm³/mol. The van der Waals surface area contributed by atoms with Crippen molar-refractivity contribution in [1.29, 1.82) is 0 Å². The van der Waals surface area contributed by atoms with Crippen molar-refractivity contribution in [1.82, 2.24) is 20.0 Å². The quantitative estimate of drug-likeness (QED) is 0.929. The van der Waals surface area contributed by atoms with Crippen molar-refractivity contribution >= 4 is 17.6 Å². The smallest absolute Gasteiger partial charge is 0.318 e. The molecule has 0 aliphatic carbocycles. The molecule has 126 valence electrons. The number of hydrogen-bond donors (Lipinski definition) is 1. The molecule has 0 saturated carbocycles. The van der Waals surface area contributed by atoms with Gasteiger partial charge in [-0.3, -0.25) is 9.48 Å². The van der Waals surface area contributed by atoms with Gasteiger partial charge in [-0.05, 0) is 12.5 Å². The van der Waals surface area contributed by atoms with Crippen molar-refractivity contribution in [2.75, 3.05) is 24.5 Å². The molecular formula is C17H21N5O2. The van der Waals surface area contributed by atoms with Gasteiger partial charge in [0, 0.05) is 26.3 Å². The van der Waals surface area contributed by atoms with E-state index < -0.39 is 0 Å². The number of nitrogens with zero attached hydrogens (tertiary/aromatic N) is 4. The first-order valence-corrected chi connectivity index (χ1v) is 7.94. The number of aryl methyl sites for hydroxylation is 1. The van der Waals surface area contributed by atoms with Crippen molar-refractivity contribution < 1.29 is 9.59 Å². The molecular weight excluding hydrogens is 306 g/mol. The largest absolute Gasteiger partial charge is 0.331 e. The Kier molecular flexibility index (Phi) is 4.50. The molecule has 1 N–H and O–H groups in total. The summed E-state index contributed by atoms with van der Waals surface area (Å²) in [5.41, 5.74) is 1.80. The van der Waals surface area contributed by atoms with E-state index in [-0.39, 0.29) is 24.5 Å². The second-order valence-electron chi connectivity index (χ2n) is 5.92. The van der Waals surface area contributed by atoms with Crippen LogP contribution in [-0.2, 0) is 11.8 Å². The minimum atomic E-state index is -0.217. The standard InChI is InChI=1S/C17H21N5O2/c1-13(14-6-4-3-5-7-14)19-17(24)21-8-9-22(16(23)12-21)15-10-18-20(2)11-15/h3-7,10-11,13H,8-9,12H2,1-2H3,(H,19,24). The number of rotatable bonds is 3. The second kappa shape index (κ2) is 6.74. The van der Waals surface area contributed by atoms with Gasteiger partial charge in [-0.2, -0.15) is 5.10 Å². The first-order valence-electron chi connectivity index (χ1n) is 7.94. The maximum Gasteiger partial charge on any atom is 0.318 e. The fraction of sp³-hybridized carbons (Fsp3) is 0.353. The number of aromatic nitrogens is 2. The summed E-state index contributed by atoms with van der Waals surface area (Å²) >= 11 is 0. The highest BCUT2D eigenvalue weighted by Gasteiger charge is 2.29. The second-order valence-corrected chi connectivity index (χ2v) is 5.92. The van der Waals surface area contributed by atoms with Crippen LogP contribution < -0.4 is 10.2 Å². The Balaban J connectivity index is 1.59. The predicted octanol–water partition coefficient (Wildman–Crippen LogP) is 1.54. The van der Waals surface area contributed by atoms with Gasteiger partial charge in [-0.1, -0.05) is 30.3 Å². The maximum atomic E-state index is 12.4. The fourth-order valence-corrected chi connectivity index (χ4v) is 2.77. The Hall–Kier alpha value is -2.83. The molecule has 1 fully saturated rings. The molecule has 1 atom stereocenters. The number of piperazine rings is 1. The SMILES string of the molecule is CC(NC(=O)N1CCN(c2cnn(C)c2)C(=O)C1)c1ccccc1. The van der Waals surface area contributed by atoms with Crippen LogP contribution in [0.15, 0.2) is 42.7 Å². The molecule has 1 aromatic carbocycles. The van der Waals surface area contributed by atoms with Crippen molar-refractivity contribution in [2.45, 2.75) is 13.0 Å². The lowest BCUT2D eigenvalue weighted by atomic mass is 10.1. The molecule has 24 heavy (non-hydrogen) atoms. The van der Waals surface area contributed by atoms with Crippen LogP contribution in [-0.4, -0.2) is 46.3 Å². The summed E-state index contributed by atoms with van der Waals surface area (Å²) in [4.78, 5) is 28.0. The van der Waals surface area contributed by atoms with E-state index in [1.807, 2.05) is 44.3 Å². The van der Waals surface area contributed by atoms with E-state index in [1.54, 1.807) is 26.9 Å². The number of anilines is 1. The van der Waals surface area contributed by atoms with Crippen molar-refractivity contribution in [2.24, 2.45) is 7.05 Å². The van der Waals surface area contributed by atoms with Gasteiger partial charge in [0.05, 0.1) is 17.9 Å². The minimum Gasteiger partial charge on any atom is -0.331 e. The van der Waals surface area contributed by atoms with Gasteiger partial charge >= 0.3 is 6.03 Å². The van der Waals surface area contributed by atoms with Crippen LogP contribution in [0, 0.1) is 0 Å². The number of carbonyl (C=O) groups is 2. The van der Waals surface area contributed by atoms with E-state index in [1.165, 1.54) is 0 Å². The number of nitrogens with one attached hydrogen (secondary N) is 1.